The first kappa shape index (κ1) is 13.5. The van der Waals surface area contributed by atoms with Gasteiger partial charge in [0.05, 0.1) is 12.8 Å². The zero-order chi connectivity index (χ0) is 13.0. The highest BCUT2D eigenvalue weighted by Crippen LogP contribution is 2.12. The van der Waals surface area contributed by atoms with E-state index in [2.05, 4.69) is 28.0 Å². The molecular formula is C13H24N4O. The van der Waals surface area contributed by atoms with Crippen molar-refractivity contribution in [2.45, 2.75) is 19.5 Å². The molecule has 1 aliphatic rings. The number of hydrogen-bond donors (Lipinski definition) is 0. The SMILES string of the molecule is COCCN1CCN(Cc2cnn(C)c2)CC1C. The molecule has 1 saturated heterocycles. The fraction of sp³-hybridized carbons (Fsp3) is 0.769. The largest absolute Gasteiger partial charge is 0.383 e. The Morgan fingerprint density at radius 1 is 1.44 bits per heavy atom. The maximum Gasteiger partial charge on any atom is 0.0589 e. The monoisotopic (exact) mass is 252 g/mol. The number of piperazine rings is 1. The molecule has 1 aliphatic heterocycles. The molecule has 0 spiro atoms. The van der Waals surface area contributed by atoms with Crippen molar-refractivity contribution in [2.24, 2.45) is 7.05 Å². The molecule has 0 aliphatic carbocycles. The molecule has 0 aromatic carbocycles. The van der Waals surface area contributed by atoms with Gasteiger partial charge in [-0.15, -0.1) is 0 Å². The highest BCUT2D eigenvalue weighted by atomic mass is 16.5. The van der Waals surface area contributed by atoms with Crippen molar-refractivity contribution in [1.82, 2.24) is 19.6 Å². The van der Waals surface area contributed by atoms with Gasteiger partial charge in [-0.2, -0.15) is 5.10 Å². The molecular weight excluding hydrogens is 228 g/mol. The van der Waals surface area contributed by atoms with Crippen molar-refractivity contribution < 1.29 is 4.74 Å². The number of nitrogens with zero attached hydrogens (tertiary/aromatic N) is 4. The van der Waals surface area contributed by atoms with E-state index in [1.54, 1.807) is 7.11 Å². The van der Waals surface area contributed by atoms with Crippen molar-refractivity contribution >= 4 is 0 Å². The van der Waals surface area contributed by atoms with E-state index in [1.807, 2.05) is 17.9 Å². The molecule has 0 saturated carbocycles. The average Bonchev–Trinajstić information content (AvgIpc) is 2.74. The summed E-state index contributed by atoms with van der Waals surface area (Å²) in [4.78, 5) is 5.01. The summed E-state index contributed by atoms with van der Waals surface area (Å²) in [7, 11) is 3.73. The first-order valence-electron chi connectivity index (χ1n) is 6.62. The van der Waals surface area contributed by atoms with Crippen LogP contribution in [-0.4, -0.2) is 65.5 Å². The molecule has 0 radical (unpaired) electrons. The van der Waals surface area contributed by atoms with Crippen LogP contribution in [0.5, 0.6) is 0 Å². The summed E-state index contributed by atoms with van der Waals surface area (Å²) in [6.07, 6.45) is 4.06. The van der Waals surface area contributed by atoms with Gasteiger partial charge >= 0.3 is 0 Å². The molecule has 2 heterocycles. The van der Waals surface area contributed by atoms with E-state index in [0.717, 1.165) is 39.3 Å². The van der Waals surface area contributed by atoms with Gasteiger partial charge in [0.1, 0.15) is 0 Å². The van der Waals surface area contributed by atoms with Crippen LogP contribution in [0, 0.1) is 0 Å². The molecule has 1 atom stereocenters. The smallest absolute Gasteiger partial charge is 0.0589 e. The minimum Gasteiger partial charge on any atom is -0.383 e. The van der Waals surface area contributed by atoms with E-state index in [0.29, 0.717) is 6.04 Å². The summed E-state index contributed by atoms with van der Waals surface area (Å²) in [6.45, 7) is 8.55. The Morgan fingerprint density at radius 3 is 2.89 bits per heavy atom. The molecule has 1 unspecified atom stereocenters. The van der Waals surface area contributed by atoms with Gasteiger partial charge in [-0.25, -0.2) is 0 Å². The Kier molecular flexibility index (Phi) is 4.74. The van der Waals surface area contributed by atoms with E-state index in [1.165, 1.54) is 5.56 Å². The number of aryl methyl sites for hydroxylation is 1. The second kappa shape index (κ2) is 6.31. The summed E-state index contributed by atoms with van der Waals surface area (Å²) >= 11 is 0. The maximum absolute atomic E-state index is 5.15. The van der Waals surface area contributed by atoms with Crippen LogP contribution in [0.15, 0.2) is 12.4 Å². The van der Waals surface area contributed by atoms with Crippen LogP contribution in [0.1, 0.15) is 12.5 Å². The number of methoxy groups -OCH3 is 1. The molecule has 2 rings (SSSR count). The molecule has 1 aromatic heterocycles. The summed E-state index contributed by atoms with van der Waals surface area (Å²) in [6, 6.07) is 0.602. The third-order valence-electron chi connectivity index (χ3n) is 3.60. The van der Waals surface area contributed by atoms with Gasteiger partial charge in [-0.1, -0.05) is 0 Å². The minimum absolute atomic E-state index is 0.602. The summed E-state index contributed by atoms with van der Waals surface area (Å²) in [5, 5.41) is 4.22. The summed E-state index contributed by atoms with van der Waals surface area (Å²) < 4.78 is 7.02. The van der Waals surface area contributed by atoms with Crippen molar-refractivity contribution in [2.75, 3.05) is 39.9 Å². The zero-order valence-electron chi connectivity index (χ0n) is 11.7. The number of rotatable bonds is 5. The Bertz CT molecular complexity index is 366. The normalized spacial score (nSPS) is 22.5. The van der Waals surface area contributed by atoms with Gasteiger partial charge in [-0.3, -0.25) is 14.5 Å². The van der Waals surface area contributed by atoms with Gasteiger partial charge in [0.2, 0.25) is 0 Å². The molecule has 0 bridgehead atoms. The highest BCUT2D eigenvalue weighted by Gasteiger charge is 2.23. The molecule has 0 N–H and O–H groups in total. The van der Waals surface area contributed by atoms with E-state index in [9.17, 15) is 0 Å². The van der Waals surface area contributed by atoms with Crippen molar-refractivity contribution in [3.05, 3.63) is 18.0 Å². The molecule has 1 fully saturated rings. The topological polar surface area (TPSA) is 33.5 Å². The van der Waals surface area contributed by atoms with Gasteiger partial charge < -0.3 is 4.74 Å². The molecule has 5 heteroatoms. The van der Waals surface area contributed by atoms with Crippen LogP contribution in [-0.2, 0) is 18.3 Å². The molecule has 0 amide bonds. The van der Waals surface area contributed by atoms with Crippen molar-refractivity contribution in [1.29, 1.82) is 0 Å². The van der Waals surface area contributed by atoms with E-state index < -0.39 is 0 Å². The fourth-order valence-electron chi connectivity index (χ4n) is 2.57. The minimum atomic E-state index is 0.602. The van der Waals surface area contributed by atoms with Crippen LogP contribution < -0.4 is 0 Å². The predicted octanol–water partition coefficient (Wildman–Crippen LogP) is 0.573. The lowest BCUT2D eigenvalue weighted by Gasteiger charge is -2.39. The van der Waals surface area contributed by atoms with Crippen molar-refractivity contribution in [3.63, 3.8) is 0 Å². The van der Waals surface area contributed by atoms with E-state index in [-0.39, 0.29) is 0 Å². The lowest BCUT2D eigenvalue weighted by molar-refractivity contribution is 0.0557. The lowest BCUT2D eigenvalue weighted by atomic mass is 10.2. The standard InChI is InChI=1S/C13H24N4O/c1-12-9-16(4-5-17(12)6-7-18-3)11-13-8-14-15(2)10-13/h8,10,12H,4-7,9,11H2,1-3H3. The first-order chi connectivity index (χ1) is 8.69. The van der Waals surface area contributed by atoms with E-state index >= 15 is 0 Å². The van der Waals surface area contributed by atoms with Crippen LogP contribution in [0.25, 0.3) is 0 Å². The molecule has 1 aromatic rings. The Labute approximate surface area is 109 Å². The number of hydrogen-bond acceptors (Lipinski definition) is 4. The lowest BCUT2D eigenvalue weighted by Crippen LogP contribution is -2.52. The fourth-order valence-corrected chi connectivity index (χ4v) is 2.57. The van der Waals surface area contributed by atoms with Crippen LogP contribution in [0.3, 0.4) is 0 Å². The zero-order valence-corrected chi connectivity index (χ0v) is 11.7. The molecule has 5 nitrogen and oxygen atoms in total. The average molecular weight is 252 g/mol. The Balaban J connectivity index is 1.80. The van der Waals surface area contributed by atoms with Crippen LogP contribution in [0.2, 0.25) is 0 Å². The highest BCUT2D eigenvalue weighted by molar-refractivity contribution is 5.03. The van der Waals surface area contributed by atoms with E-state index in [4.69, 9.17) is 4.74 Å². The number of ether oxygens (including phenoxy) is 1. The Morgan fingerprint density at radius 2 is 2.28 bits per heavy atom. The second-order valence-electron chi connectivity index (χ2n) is 5.14. The molecule has 18 heavy (non-hydrogen) atoms. The molecule has 102 valence electrons. The van der Waals surface area contributed by atoms with Crippen LogP contribution in [0.4, 0.5) is 0 Å². The van der Waals surface area contributed by atoms with Gasteiger partial charge in [0.25, 0.3) is 0 Å². The quantitative estimate of drug-likeness (QED) is 0.767. The van der Waals surface area contributed by atoms with Crippen LogP contribution >= 0.6 is 0 Å². The summed E-state index contributed by atoms with van der Waals surface area (Å²) in [5.74, 6) is 0. The van der Waals surface area contributed by atoms with Gasteiger partial charge in [-0.05, 0) is 6.92 Å². The Hall–Kier alpha value is -0.910. The first-order valence-corrected chi connectivity index (χ1v) is 6.62. The van der Waals surface area contributed by atoms with Gasteiger partial charge in [0, 0.05) is 64.7 Å². The van der Waals surface area contributed by atoms with Crippen molar-refractivity contribution in [3.8, 4) is 0 Å². The number of aromatic nitrogens is 2. The second-order valence-corrected chi connectivity index (χ2v) is 5.14. The third-order valence-corrected chi connectivity index (χ3v) is 3.60. The summed E-state index contributed by atoms with van der Waals surface area (Å²) in [5.41, 5.74) is 1.30. The maximum atomic E-state index is 5.15. The predicted molar refractivity (Wildman–Crippen MR) is 71.4 cm³/mol. The van der Waals surface area contributed by atoms with Gasteiger partial charge in [0.15, 0.2) is 0 Å². The third kappa shape index (κ3) is 3.54.